The van der Waals surface area contributed by atoms with Crippen molar-refractivity contribution in [2.45, 2.75) is 56.0 Å². The molecule has 0 spiro atoms. The molecule has 0 aromatic heterocycles. The van der Waals surface area contributed by atoms with E-state index in [2.05, 4.69) is 25.7 Å². The summed E-state index contributed by atoms with van der Waals surface area (Å²) in [5.41, 5.74) is 0.131. The number of thioether (sulfide) groups is 1. The van der Waals surface area contributed by atoms with Gasteiger partial charge in [-0.25, -0.2) is 13.1 Å². The lowest BCUT2D eigenvalue weighted by Crippen LogP contribution is -2.45. The number of rotatable bonds is 6. The molecule has 37 heavy (non-hydrogen) atoms. The maximum absolute atomic E-state index is 11.1. The molecule has 7 nitrogen and oxygen atoms in total. The van der Waals surface area contributed by atoms with Crippen LogP contribution < -0.4 is 9.46 Å². The van der Waals surface area contributed by atoms with Crippen LogP contribution in [0.3, 0.4) is 0 Å². The van der Waals surface area contributed by atoms with Gasteiger partial charge in [0.2, 0.25) is 0 Å². The van der Waals surface area contributed by atoms with Crippen LogP contribution in [-0.4, -0.2) is 62.3 Å². The number of sulfonamides is 1. The van der Waals surface area contributed by atoms with E-state index in [1.165, 1.54) is 44.5 Å². The highest BCUT2D eigenvalue weighted by Crippen LogP contribution is 2.49. The lowest BCUT2D eigenvalue weighted by Gasteiger charge is -2.40. The molecule has 3 heterocycles. The van der Waals surface area contributed by atoms with Crippen molar-refractivity contribution in [3.05, 3.63) is 59.1 Å². The summed E-state index contributed by atoms with van der Waals surface area (Å²) < 4.78 is 36.7. The van der Waals surface area contributed by atoms with Gasteiger partial charge in [-0.05, 0) is 69.3 Å². The van der Waals surface area contributed by atoms with Crippen LogP contribution in [0.4, 0.5) is 0 Å². The van der Waals surface area contributed by atoms with Crippen molar-refractivity contribution in [1.82, 2.24) is 9.62 Å². The molecule has 0 aliphatic carbocycles. The van der Waals surface area contributed by atoms with Crippen molar-refractivity contribution in [1.29, 1.82) is 0 Å². The van der Waals surface area contributed by atoms with Crippen LogP contribution in [0, 0.1) is 5.41 Å². The summed E-state index contributed by atoms with van der Waals surface area (Å²) in [6.45, 7) is 10.8. The SMILES string of the molecule is CC(C)(COc1ccc(Cl)cc1)C1(C)OC(CN2CCCCC2)CS1.O=C1NS(=O)(=O)c2ccccc21. The molecule has 10 heteroatoms. The van der Waals surface area contributed by atoms with Crippen LogP contribution in [0.5, 0.6) is 5.75 Å². The Morgan fingerprint density at radius 1 is 1.14 bits per heavy atom. The summed E-state index contributed by atoms with van der Waals surface area (Å²) in [6, 6.07) is 13.7. The van der Waals surface area contributed by atoms with Crippen molar-refractivity contribution in [2.75, 3.05) is 32.0 Å². The molecule has 5 rings (SSSR count). The number of hydrogen-bond donors (Lipinski definition) is 1. The molecule has 2 aromatic rings. The highest BCUT2D eigenvalue weighted by Gasteiger charge is 2.49. The molecule has 0 bridgehead atoms. The number of halogens is 1. The van der Waals surface area contributed by atoms with Crippen molar-refractivity contribution < 1.29 is 22.7 Å². The van der Waals surface area contributed by atoms with Crippen LogP contribution in [-0.2, 0) is 14.8 Å². The van der Waals surface area contributed by atoms with E-state index in [9.17, 15) is 13.2 Å². The fourth-order valence-electron chi connectivity index (χ4n) is 4.56. The Balaban J connectivity index is 0.000000222. The van der Waals surface area contributed by atoms with Gasteiger partial charge in [0.25, 0.3) is 15.9 Å². The lowest BCUT2D eigenvalue weighted by atomic mass is 9.87. The van der Waals surface area contributed by atoms with Crippen molar-refractivity contribution in [2.24, 2.45) is 5.41 Å². The number of carbonyl (C=O) groups is 1. The smallest absolute Gasteiger partial charge is 0.266 e. The summed E-state index contributed by atoms with van der Waals surface area (Å²) in [5.74, 6) is 1.37. The number of ether oxygens (including phenoxy) is 2. The second-order valence-corrected chi connectivity index (χ2v) is 13.9. The average Bonchev–Trinajstić information content (AvgIpc) is 3.37. The van der Waals surface area contributed by atoms with Crippen molar-refractivity contribution in [3.63, 3.8) is 0 Å². The molecule has 202 valence electrons. The third-order valence-electron chi connectivity index (χ3n) is 7.14. The van der Waals surface area contributed by atoms with Crippen molar-refractivity contribution >= 4 is 39.3 Å². The Kier molecular flexibility index (Phi) is 8.80. The second kappa shape index (κ2) is 11.5. The number of carbonyl (C=O) groups excluding carboxylic acids is 1. The highest BCUT2D eigenvalue weighted by atomic mass is 35.5. The van der Waals surface area contributed by atoms with Gasteiger partial charge in [0.15, 0.2) is 0 Å². The first kappa shape index (κ1) is 28.2. The fourth-order valence-corrected chi connectivity index (χ4v) is 7.19. The quantitative estimate of drug-likeness (QED) is 0.514. The molecule has 1 N–H and O–H groups in total. The standard InChI is InChI=1S/C20H30ClNO2S.C7H5NO3S/c1-19(2,15-23-17-9-7-16(21)8-10-17)20(3)24-18(14-25-20)13-22-11-5-4-6-12-22;9-7-5-3-1-2-4-6(5)12(10,11)8-7/h7-10,18H,4-6,11-15H2,1-3H3;1-4H,(H,8,9). The molecule has 3 aliphatic rings. The summed E-state index contributed by atoms with van der Waals surface area (Å²) in [7, 11) is -3.55. The Morgan fingerprint density at radius 2 is 1.81 bits per heavy atom. The summed E-state index contributed by atoms with van der Waals surface area (Å²) in [6.07, 6.45) is 4.36. The van der Waals surface area contributed by atoms with Crippen LogP contribution in [0.25, 0.3) is 0 Å². The van der Waals surface area contributed by atoms with E-state index >= 15 is 0 Å². The highest BCUT2D eigenvalue weighted by molar-refractivity contribution is 8.00. The predicted octanol–water partition coefficient (Wildman–Crippen LogP) is 5.20. The Morgan fingerprint density at radius 3 is 2.49 bits per heavy atom. The Bertz CT molecular complexity index is 1200. The molecule has 0 saturated carbocycles. The normalized spacial score (nSPS) is 25.1. The maximum atomic E-state index is 11.1. The second-order valence-electron chi connectivity index (χ2n) is 10.4. The minimum Gasteiger partial charge on any atom is -0.493 e. The Hall–Kier alpha value is -1.78. The van der Waals surface area contributed by atoms with E-state index in [1.54, 1.807) is 12.1 Å². The van der Waals surface area contributed by atoms with E-state index in [-0.39, 0.29) is 20.8 Å². The van der Waals surface area contributed by atoms with Crippen LogP contribution in [0.15, 0.2) is 53.4 Å². The first-order valence-electron chi connectivity index (χ1n) is 12.6. The summed E-state index contributed by atoms with van der Waals surface area (Å²) >= 11 is 7.88. The maximum Gasteiger partial charge on any atom is 0.266 e. The monoisotopic (exact) mass is 566 g/mol. The Labute approximate surface area is 229 Å². The van der Waals surface area contributed by atoms with Gasteiger partial charge in [0.05, 0.1) is 18.3 Å². The van der Waals surface area contributed by atoms with E-state index in [4.69, 9.17) is 21.1 Å². The van der Waals surface area contributed by atoms with Gasteiger partial charge >= 0.3 is 0 Å². The van der Waals surface area contributed by atoms with Gasteiger partial charge in [-0.3, -0.25) is 4.79 Å². The third kappa shape index (κ3) is 6.81. The zero-order valence-electron chi connectivity index (χ0n) is 21.5. The van der Waals surface area contributed by atoms with Gasteiger partial charge < -0.3 is 14.4 Å². The van der Waals surface area contributed by atoms with Gasteiger partial charge in [-0.2, -0.15) is 0 Å². The van der Waals surface area contributed by atoms with E-state index in [0.717, 1.165) is 23.1 Å². The van der Waals surface area contributed by atoms with Gasteiger partial charge in [0, 0.05) is 22.7 Å². The number of piperidine rings is 1. The fraction of sp³-hybridized carbons (Fsp3) is 0.519. The molecular formula is C27H35ClN2O5S2. The van der Waals surface area contributed by atoms with Crippen LogP contribution in [0.2, 0.25) is 5.02 Å². The zero-order chi connectivity index (χ0) is 26.7. The molecule has 0 radical (unpaired) electrons. The van der Waals surface area contributed by atoms with Crippen LogP contribution >= 0.6 is 23.4 Å². The number of benzene rings is 2. The van der Waals surface area contributed by atoms with E-state index in [1.807, 2.05) is 40.7 Å². The third-order valence-corrected chi connectivity index (χ3v) is 10.5. The van der Waals surface area contributed by atoms with Gasteiger partial charge in [-0.15, -0.1) is 11.8 Å². The summed E-state index contributed by atoms with van der Waals surface area (Å²) in [4.78, 5) is 13.4. The van der Waals surface area contributed by atoms with Gasteiger partial charge in [-0.1, -0.05) is 44.0 Å². The lowest BCUT2D eigenvalue weighted by molar-refractivity contribution is -0.0857. The number of hydrogen-bond acceptors (Lipinski definition) is 7. The topological polar surface area (TPSA) is 84.9 Å². The van der Waals surface area contributed by atoms with E-state index < -0.39 is 15.9 Å². The minimum atomic E-state index is -3.55. The van der Waals surface area contributed by atoms with Gasteiger partial charge in [0.1, 0.15) is 15.6 Å². The molecule has 1 amide bonds. The van der Waals surface area contributed by atoms with Crippen LogP contribution in [0.1, 0.15) is 50.4 Å². The summed E-state index contributed by atoms with van der Waals surface area (Å²) in [5, 5.41) is 0.730. The molecule has 2 fully saturated rings. The number of nitrogens with zero attached hydrogens (tertiary/aromatic N) is 1. The number of nitrogens with one attached hydrogen (secondary N) is 1. The number of fused-ring (bicyclic) bond motifs is 1. The average molecular weight is 567 g/mol. The minimum absolute atomic E-state index is 0.0648. The molecular weight excluding hydrogens is 532 g/mol. The number of likely N-dealkylation sites (tertiary alicyclic amines) is 1. The molecule has 2 atom stereocenters. The predicted molar refractivity (Wildman–Crippen MR) is 148 cm³/mol. The van der Waals surface area contributed by atoms with E-state index in [0.29, 0.717) is 12.7 Å². The molecule has 2 saturated heterocycles. The largest absolute Gasteiger partial charge is 0.493 e. The zero-order valence-corrected chi connectivity index (χ0v) is 23.9. The first-order chi connectivity index (χ1) is 17.5. The molecule has 3 aliphatic heterocycles. The molecule has 2 aromatic carbocycles. The number of amides is 1. The molecule has 2 unspecified atom stereocenters. The van der Waals surface area contributed by atoms with Crippen molar-refractivity contribution in [3.8, 4) is 5.75 Å². The first-order valence-corrected chi connectivity index (χ1v) is 15.4.